The summed E-state index contributed by atoms with van der Waals surface area (Å²) in [6.45, 7) is 1.41. The molecular weight excluding hydrogens is 290 g/mol. The highest BCUT2D eigenvalue weighted by molar-refractivity contribution is 9.09. The lowest BCUT2D eigenvalue weighted by Crippen LogP contribution is -2.04. The van der Waals surface area contributed by atoms with Crippen LogP contribution in [0.15, 0.2) is 12.1 Å². The summed E-state index contributed by atoms with van der Waals surface area (Å²) in [7, 11) is 0. The number of nitro groups is 1. The third-order valence-corrected chi connectivity index (χ3v) is 2.39. The summed E-state index contributed by atoms with van der Waals surface area (Å²) < 4.78 is 0. The van der Waals surface area contributed by atoms with Crippen molar-refractivity contribution in [3.05, 3.63) is 38.9 Å². The molecule has 0 saturated carbocycles. The highest BCUT2D eigenvalue weighted by atomic mass is 79.9. The van der Waals surface area contributed by atoms with Crippen molar-refractivity contribution in [1.82, 2.24) is 0 Å². The molecule has 17 heavy (non-hydrogen) atoms. The first kappa shape index (κ1) is 13.2. The summed E-state index contributed by atoms with van der Waals surface area (Å²) >= 11 is 3.09. The second kappa shape index (κ2) is 5.46. The number of benzene rings is 1. The number of nitrogens with zero attached hydrogens (tertiary/aromatic N) is 1. The zero-order valence-electron chi connectivity index (χ0n) is 8.86. The Morgan fingerprint density at radius 1 is 1.59 bits per heavy atom. The molecule has 0 amide bonds. The first-order chi connectivity index (χ1) is 7.97. The van der Waals surface area contributed by atoms with Crippen LogP contribution >= 0.6 is 15.9 Å². The minimum Gasteiger partial charge on any atom is -0.478 e. The SMILES string of the molecule is Cc1c(C(=O)O)cc(C#CCBr)cc1[N+](=O)[O-]. The zero-order valence-corrected chi connectivity index (χ0v) is 10.4. The van der Waals surface area contributed by atoms with Crippen LogP contribution in [0.2, 0.25) is 0 Å². The monoisotopic (exact) mass is 297 g/mol. The molecule has 0 spiro atoms. The van der Waals surface area contributed by atoms with E-state index in [4.69, 9.17) is 5.11 Å². The standard InChI is InChI=1S/C11H8BrNO4/c1-7-9(11(14)15)5-8(3-2-4-12)6-10(7)13(16)17/h5-6H,4H2,1H3,(H,14,15). The topological polar surface area (TPSA) is 80.4 Å². The lowest BCUT2D eigenvalue weighted by Gasteiger charge is -2.03. The van der Waals surface area contributed by atoms with Gasteiger partial charge in [0.1, 0.15) is 0 Å². The Bertz CT molecular complexity index is 507. The van der Waals surface area contributed by atoms with Crippen LogP contribution in [0.1, 0.15) is 21.5 Å². The molecule has 0 heterocycles. The number of halogens is 1. The second-order valence-corrected chi connectivity index (χ2v) is 3.73. The van der Waals surface area contributed by atoms with Crippen molar-refractivity contribution in [2.24, 2.45) is 0 Å². The van der Waals surface area contributed by atoms with Crippen LogP contribution in [0.3, 0.4) is 0 Å². The molecule has 0 unspecified atom stereocenters. The largest absolute Gasteiger partial charge is 0.478 e. The number of carboxylic acid groups (broad SMARTS) is 1. The molecule has 5 nitrogen and oxygen atoms in total. The van der Waals surface area contributed by atoms with Crippen molar-refractivity contribution in [1.29, 1.82) is 0 Å². The van der Waals surface area contributed by atoms with Crippen molar-refractivity contribution in [2.75, 3.05) is 5.33 Å². The molecule has 1 aromatic rings. The quantitative estimate of drug-likeness (QED) is 0.393. The number of rotatable bonds is 2. The second-order valence-electron chi connectivity index (χ2n) is 3.17. The van der Waals surface area contributed by atoms with E-state index in [-0.39, 0.29) is 16.8 Å². The van der Waals surface area contributed by atoms with Crippen LogP contribution in [0.25, 0.3) is 0 Å². The molecule has 0 aliphatic carbocycles. The summed E-state index contributed by atoms with van der Waals surface area (Å²) in [5.74, 6) is 4.11. The molecule has 1 aromatic carbocycles. The minimum atomic E-state index is -1.20. The molecule has 1 rings (SSSR count). The number of alkyl halides is 1. The summed E-state index contributed by atoms with van der Waals surface area (Å²) in [5, 5.41) is 20.1. The van der Waals surface area contributed by atoms with E-state index in [0.717, 1.165) is 0 Å². The summed E-state index contributed by atoms with van der Waals surface area (Å²) in [5.41, 5.74) is 0.118. The van der Waals surface area contributed by atoms with Gasteiger partial charge in [-0.25, -0.2) is 4.79 Å². The predicted octanol–water partition coefficient (Wildman–Crippen LogP) is 2.35. The van der Waals surface area contributed by atoms with E-state index in [1.54, 1.807) is 0 Å². The van der Waals surface area contributed by atoms with E-state index >= 15 is 0 Å². The number of carboxylic acids is 1. The van der Waals surface area contributed by atoms with Crippen molar-refractivity contribution in [3.8, 4) is 11.8 Å². The lowest BCUT2D eigenvalue weighted by atomic mass is 10.0. The van der Waals surface area contributed by atoms with Crippen LogP contribution in [0.5, 0.6) is 0 Å². The Balaban J connectivity index is 3.47. The third-order valence-electron chi connectivity index (χ3n) is 2.11. The minimum absolute atomic E-state index is 0.0990. The van der Waals surface area contributed by atoms with E-state index in [1.165, 1.54) is 19.1 Å². The van der Waals surface area contributed by atoms with Gasteiger partial charge in [-0.2, -0.15) is 0 Å². The lowest BCUT2D eigenvalue weighted by molar-refractivity contribution is -0.385. The van der Waals surface area contributed by atoms with Gasteiger partial charge in [0.2, 0.25) is 0 Å². The van der Waals surface area contributed by atoms with Gasteiger partial charge in [0, 0.05) is 17.2 Å². The van der Waals surface area contributed by atoms with Gasteiger partial charge in [0.25, 0.3) is 5.69 Å². The van der Waals surface area contributed by atoms with E-state index < -0.39 is 10.9 Å². The van der Waals surface area contributed by atoms with Gasteiger partial charge in [-0.15, -0.1) is 0 Å². The maximum atomic E-state index is 10.9. The van der Waals surface area contributed by atoms with E-state index in [0.29, 0.717) is 10.9 Å². The Kier molecular flexibility index (Phi) is 4.24. The first-order valence-corrected chi connectivity index (χ1v) is 5.66. The number of nitro benzene ring substituents is 1. The summed E-state index contributed by atoms with van der Waals surface area (Å²) in [6.07, 6.45) is 0. The number of carbonyl (C=O) groups is 1. The maximum Gasteiger partial charge on any atom is 0.336 e. The van der Waals surface area contributed by atoms with Crippen LogP contribution in [-0.4, -0.2) is 21.3 Å². The van der Waals surface area contributed by atoms with E-state index in [2.05, 4.69) is 27.8 Å². The molecule has 0 aliphatic rings. The highest BCUT2D eigenvalue weighted by Gasteiger charge is 2.19. The molecule has 0 aromatic heterocycles. The van der Waals surface area contributed by atoms with Crippen molar-refractivity contribution >= 4 is 27.6 Å². The van der Waals surface area contributed by atoms with Crippen LogP contribution in [0, 0.1) is 28.9 Å². The molecule has 88 valence electrons. The fraction of sp³-hybridized carbons (Fsp3) is 0.182. The molecule has 0 fully saturated rings. The van der Waals surface area contributed by atoms with Gasteiger partial charge in [-0.3, -0.25) is 10.1 Å². The zero-order chi connectivity index (χ0) is 13.0. The van der Waals surface area contributed by atoms with Gasteiger partial charge in [-0.1, -0.05) is 27.8 Å². The van der Waals surface area contributed by atoms with Crippen LogP contribution < -0.4 is 0 Å². The van der Waals surface area contributed by atoms with Gasteiger partial charge < -0.3 is 5.11 Å². The number of hydrogen-bond donors (Lipinski definition) is 1. The fourth-order valence-electron chi connectivity index (χ4n) is 1.32. The molecule has 0 saturated heterocycles. The average molecular weight is 298 g/mol. The maximum absolute atomic E-state index is 10.9. The van der Waals surface area contributed by atoms with Crippen LogP contribution in [0.4, 0.5) is 5.69 Å². The van der Waals surface area contributed by atoms with Gasteiger partial charge in [0.05, 0.1) is 15.8 Å². The normalized spacial score (nSPS) is 9.29. The van der Waals surface area contributed by atoms with Crippen molar-refractivity contribution in [3.63, 3.8) is 0 Å². The fourth-order valence-corrected chi connectivity index (χ4v) is 1.46. The molecule has 6 heteroatoms. The Morgan fingerprint density at radius 3 is 2.71 bits per heavy atom. The molecule has 1 N–H and O–H groups in total. The molecular formula is C11H8BrNO4. The van der Waals surface area contributed by atoms with Crippen molar-refractivity contribution in [2.45, 2.75) is 6.92 Å². The molecule has 0 aliphatic heterocycles. The van der Waals surface area contributed by atoms with E-state index in [9.17, 15) is 14.9 Å². The molecule has 0 bridgehead atoms. The van der Waals surface area contributed by atoms with Crippen molar-refractivity contribution < 1.29 is 14.8 Å². The third kappa shape index (κ3) is 3.04. The first-order valence-electron chi connectivity index (χ1n) is 4.54. The Labute approximate surface area is 106 Å². The summed E-state index contributed by atoms with van der Waals surface area (Å²) in [4.78, 5) is 21.1. The number of aromatic carboxylic acids is 1. The number of hydrogen-bond acceptors (Lipinski definition) is 3. The summed E-state index contributed by atoms with van der Waals surface area (Å²) in [6, 6.07) is 2.61. The molecule has 0 radical (unpaired) electrons. The average Bonchev–Trinajstić information content (AvgIpc) is 2.26. The van der Waals surface area contributed by atoms with Crippen LogP contribution in [-0.2, 0) is 0 Å². The smallest absolute Gasteiger partial charge is 0.336 e. The predicted molar refractivity (Wildman–Crippen MR) is 65.5 cm³/mol. The Morgan fingerprint density at radius 2 is 2.24 bits per heavy atom. The van der Waals surface area contributed by atoms with Gasteiger partial charge in [0.15, 0.2) is 0 Å². The van der Waals surface area contributed by atoms with Gasteiger partial charge >= 0.3 is 5.97 Å². The van der Waals surface area contributed by atoms with Gasteiger partial charge in [-0.05, 0) is 13.0 Å². The highest BCUT2D eigenvalue weighted by Crippen LogP contribution is 2.23. The Hall–Kier alpha value is -1.87. The molecule has 0 atom stereocenters. The van der Waals surface area contributed by atoms with E-state index in [1.807, 2.05) is 0 Å².